The summed E-state index contributed by atoms with van der Waals surface area (Å²) in [4.78, 5) is 23.7. The minimum Gasteiger partial charge on any atom is -0.313 e. The average Bonchev–Trinajstić information content (AvgIpc) is 2.43. The maximum absolute atomic E-state index is 13.6. The zero-order valence-corrected chi connectivity index (χ0v) is 11.8. The Morgan fingerprint density at radius 2 is 1.90 bits per heavy atom. The van der Waals surface area contributed by atoms with Crippen molar-refractivity contribution in [1.29, 1.82) is 0 Å². The molecule has 0 aliphatic carbocycles. The van der Waals surface area contributed by atoms with Gasteiger partial charge in [0.05, 0.1) is 5.56 Å². The monoisotopic (exact) mass is 291 g/mol. The first-order chi connectivity index (χ1) is 9.88. The van der Waals surface area contributed by atoms with E-state index in [1.807, 2.05) is 13.8 Å². The lowest BCUT2D eigenvalue weighted by Gasteiger charge is -2.11. The molecule has 1 aromatic carbocycles. The number of benzene rings is 1. The third kappa shape index (κ3) is 3.42. The Kier molecular flexibility index (Phi) is 4.31. The van der Waals surface area contributed by atoms with Gasteiger partial charge >= 0.3 is 0 Å². The van der Waals surface area contributed by atoms with Gasteiger partial charge in [-0.05, 0) is 37.6 Å². The van der Waals surface area contributed by atoms with Gasteiger partial charge < -0.3 is 4.57 Å². The van der Waals surface area contributed by atoms with Crippen molar-refractivity contribution in [3.63, 3.8) is 0 Å². The van der Waals surface area contributed by atoms with Crippen LogP contribution in [0.15, 0.2) is 41.3 Å². The fourth-order valence-corrected chi connectivity index (χ4v) is 2.05. The third-order valence-corrected chi connectivity index (χ3v) is 3.15. The molecule has 0 amide bonds. The molecule has 0 aliphatic heterocycles. The van der Waals surface area contributed by atoms with Crippen LogP contribution in [0.2, 0.25) is 0 Å². The van der Waals surface area contributed by atoms with Crippen LogP contribution in [0.1, 0.15) is 35.8 Å². The molecule has 0 saturated heterocycles. The van der Waals surface area contributed by atoms with Gasteiger partial charge in [0.15, 0.2) is 5.78 Å². The number of hydrogen-bond acceptors (Lipinski definition) is 2. The lowest BCUT2D eigenvalue weighted by atomic mass is 10.0. The molecule has 1 aromatic heterocycles. The van der Waals surface area contributed by atoms with Crippen molar-refractivity contribution in [2.45, 2.75) is 26.3 Å². The Bertz CT molecular complexity index is 735. The van der Waals surface area contributed by atoms with Crippen LogP contribution < -0.4 is 5.56 Å². The van der Waals surface area contributed by atoms with Crippen molar-refractivity contribution < 1.29 is 13.6 Å². The molecule has 0 unspecified atom stereocenters. The fourth-order valence-electron chi connectivity index (χ4n) is 2.05. The van der Waals surface area contributed by atoms with Gasteiger partial charge in [-0.3, -0.25) is 9.59 Å². The summed E-state index contributed by atoms with van der Waals surface area (Å²) in [7, 11) is 0. The van der Waals surface area contributed by atoms with Crippen molar-refractivity contribution >= 4 is 5.78 Å². The highest BCUT2D eigenvalue weighted by Gasteiger charge is 2.14. The second-order valence-electron chi connectivity index (χ2n) is 5.10. The van der Waals surface area contributed by atoms with Gasteiger partial charge in [-0.25, -0.2) is 8.78 Å². The first-order valence-corrected chi connectivity index (χ1v) is 6.58. The Morgan fingerprint density at radius 1 is 1.19 bits per heavy atom. The van der Waals surface area contributed by atoms with Gasteiger partial charge in [0.1, 0.15) is 11.6 Å². The molecule has 0 N–H and O–H groups in total. The summed E-state index contributed by atoms with van der Waals surface area (Å²) >= 11 is 0. The molecule has 2 aromatic rings. The Labute approximate surface area is 120 Å². The molecule has 21 heavy (non-hydrogen) atoms. The summed E-state index contributed by atoms with van der Waals surface area (Å²) in [6.45, 7) is 3.69. The lowest BCUT2D eigenvalue weighted by Crippen LogP contribution is -2.21. The van der Waals surface area contributed by atoms with Crippen molar-refractivity contribution in [3.8, 4) is 0 Å². The van der Waals surface area contributed by atoms with E-state index < -0.39 is 17.4 Å². The normalized spacial score (nSPS) is 10.9. The van der Waals surface area contributed by atoms with Crippen LogP contribution in [-0.4, -0.2) is 10.4 Å². The zero-order chi connectivity index (χ0) is 15.6. The minimum absolute atomic E-state index is 0.0431. The van der Waals surface area contributed by atoms with E-state index in [-0.39, 0.29) is 23.6 Å². The van der Waals surface area contributed by atoms with E-state index in [0.717, 1.165) is 18.2 Å². The third-order valence-electron chi connectivity index (χ3n) is 3.15. The molecule has 0 fully saturated rings. The van der Waals surface area contributed by atoms with Crippen LogP contribution in [0, 0.1) is 11.6 Å². The van der Waals surface area contributed by atoms with E-state index >= 15 is 0 Å². The maximum Gasteiger partial charge on any atom is 0.250 e. The van der Waals surface area contributed by atoms with E-state index in [1.54, 1.807) is 6.20 Å². The molecule has 0 spiro atoms. The molecule has 0 atom stereocenters. The first-order valence-electron chi connectivity index (χ1n) is 6.58. The number of ketones is 1. The number of aromatic nitrogens is 1. The predicted molar refractivity (Wildman–Crippen MR) is 75.5 cm³/mol. The molecule has 5 heteroatoms. The molecular formula is C16H15F2NO2. The molecule has 0 radical (unpaired) electrons. The highest BCUT2D eigenvalue weighted by Crippen LogP contribution is 2.13. The molecule has 2 rings (SSSR count). The molecule has 3 nitrogen and oxygen atoms in total. The van der Waals surface area contributed by atoms with Crippen LogP contribution >= 0.6 is 0 Å². The van der Waals surface area contributed by atoms with Gasteiger partial charge in [-0.1, -0.05) is 6.07 Å². The Hall–Kier alpha value is -2.30. The Morgan fingerprint density at radius 3 is 2.57 bits per heavy atom. The van der Waals surface area contributed by atoms with Gasteiger partial charge in [0.25, 0.3) is 5.56 Å². The lowest BCUT2D eigenvalue weighted by molar-refractivity contribution is 0.0988. The van der Waals surface area contributed by atoms with Gasteiger partial charge in [0, 0.05) is 24.7 Å². The van der Waals surface area contributed by atoms with Gasteiger partial charge in [-0.2, -0.15) is 0 Å². The number of nitrogens with zero attached hydrogens (tertiary/aromatic N) is 1. The number of rotatable bonds is 4. The number of halogens is 2. The number of Topliss-reactive ketones (excluding diaryl/α,β-unsaturated/α-hetero) is 1. The second-order valence-corrected chi connectivity index (χ2v) is 5.10. The SMILES string of the molecule is CC(C)n1cc(CC(=O)c2cc(F)ccc2F)ccc1=O. The van der Waals surface area contributed by atoms with Gasteiger partial charge in [-0.15, -0.1) is 0 Å². The maximum atomic E-state index is 13.6. The summed E-state index contributed by atoms with van der Waals surface area (Å²) in [5.41, 5.74) is 0.132. The molecule has 0 bridgehead atoms. The summed E-state index contributed by atoms with van der Waals surface area (Å²) in [6, 6.07) is 5.62. The summed E-state index contributed by atoms with van der Waals surface area (Å²) in [5.74, 6) is -1.94. The first kappa shape index (κ1) is 15.1. The smallest absolute Gasteiger partial charge is 0.250 e. The molecular weight excluding hydrogens is 276 g/mol. The zero-order valence-electron chi connectivity index (χ0n) is 11.8. The van der Waals surface area contributed by atoms with Gasteiger partial charge in [0.2, 0.25) is 0 Å². The quantitative estimate of drug-likeness (QED) is 0.812. The summed E-state index contributed by atoms with van der Waals surface area (Å²) < 4.78 is 28.1. The highest BCUT2D eigenvalue weighted by molar-refractivity contribution is 5.97. The average molecular weight is 291 g/mol. The van der Waals surface area contributed by atoms with Crippen LogP contribution in [0.5, 0.6) is 0 Å². The second kappa shape index (κ2) is 5.99. The minimum atomic E-state index is -0.751. The molecule has 0 saturated carbocycles. The topological polar surface area (TPSA) is 39.1 Å². The number of hydrogen-bond donors (Lipinski definition) is 0. The fraction of sp³-hybridized carbons (Fsp3) is 0.250. The van der Waals surface area contributed by atoms with Crippen LogP contribution in [0.25, 0.3) is 0 Å². The highest BCUT2D eigenvalue weighted by atomic mass is 19.1. The van der Waals surface area contributed by atoms with Crippen molar-refractivity contribution in [1.82, 2.24) is 4.57 Å². The standard InChI is InChI=1S/C16H15F2NO2/c1-10(2)19-9-11(3-6-16(19)21)7-15(20)13-8-12(17)4-5-14(13)18/h3-6,8-10H,7H2,1-2H3. The van der Waals surface area contributed by atoms with Crippen LogP contribution in [0.4, 0.5) is 8.78 Å². The van der Waals surface area contributed by atoms with E-state index in [4.69, 9.17) is 0 Å². The predicted octanol–water partition coefficient (Wildman–Crippen LogP) is 3.13. The van der Waals surface area contributed by atoms with E-state index in [2.05, 4.69) is 0 Å². The van der Waals surface area contributed by atoms with Crippen molar-refractivity contribution in [3.05, 3.63) is 69.6 Å². The van der Waals surface area contributed by atoms with E-state index in [1.165, 1.54) is 16.7 Å². The Balaban J connectivity index is 2.30. The summed E-state index contributed by atoms with van der Waals surface area (Å²) in [5, 5.41) is 0. The number of carbonyl (C=O) groups excluding carboxylic acids is 1. The van der Waals surface area contributed by atoms with Crippen molar-refractivity contribution in [2.75, 3.05) is 0 Å². The number of pyridine rings is 1. The molecule has 0 aliphatic rings. The number of carbonyl (C=O) groups is 1. The molecule has 110 valence electrons. The van der Waals surface area contributed by atoms with Crippen molar-refractivity contribution in [2.24, 2.45) is 0 Å². The van der Waals surface area contributed by atoms with Crippen LogP contribution in [0.3, 0.4) is 0 Å². The largest absolute Gasteiger partial charge is 0.313 e. The summed E-state index contributed by atoms with van der Waals surface area (Å²) in [6.07, 6.45) is 1.48. The van der Waals surface area contributed by atoms with E-state index in [9.17, 15) is 18.4 Å². The van der Waals surface area contributed by atoms with E-state index in [0.29, 0.717) is 5.56 Å². The van der Waals surface area contributed by atoms with Crippen LogP contribution in [-0.2, 0) is 6.42 Å². The molecule has 1 heterocycles.